The number of benzene rings is 1. The van der Waals surface area contributed by atoms with Gasteiger partial charge in [0.1, 0.15) is 17.9 Å². The average Bonchev–Trinajstić information content (AvgIpc) is 2.33. The number of rotatable bonds is 6. The maximum absolute atomic E-state index is 12.5. The van der Waals surface area contributed by atoms with Gasteiger partial charge in [0.05, 0.1) is 18.3 Å². The van der Waals surface area contributed by atoms with Crippen molar-refractivity contribution >= 4 is 5.97 Å². The van der Waals surface area contributed by atoms with E-state index in [1.165, 1.54) is 0 Å². The summed E-state index contributed by atoms with van der Waals surface area (Å²) in [5, 5.41) is 8.92. The molecule has 7 heteroatoms. The third-order valence-corrected chi connectivity index (χ3v) is 2.33. The molecule has 0 aliphatic heterocycles. The van der Waals surface area contributed by atoms with Gasteiger partial charge in [-0.05, 0) is 32.0 Å². The normalized spacial score (nSPS) is 11.7. The second-order valence-electron chi connectivity index (χ2n) is 4.28. The fraction of sp³-hybridized carbons (Fsp3) is 0.462. The fourth-order valence-corrected chi connectivity index (χ4v) is 1.43. The van der Waals surface area contributed by atoms with Crippen LogP contribution in [0.4, 0.5) is 13.2 Å². The molecule has 0 atom stereocenters. The summed E-state index contributed by atoms with van der Waals surface area (Å²) in [5.41, 5.74) is -1.55. The van der Waals surface area contributed by atoms with E-state index >= 15 is 0 Å². The Kier molecular flexibility index (Phi) is 5.38. The Morgan fingerprint density at radius 1 is 1.30 bits per heavy atom. The van der Waals surface area contributed by atoms with Crippen LogP contribution in [0.5, 0.6) is 5.75 Å². The minimum atomic E-state index is -4.59. The summed E-state index contributed by atoms with van der Waals surface area (Å²) >= 11 is 0. The molecule has 4 nitrogen and oxygen atoms in total. The number of halogens is 3. The highest BCUT2D eigenvalue weighted by Crippen LogP contribution is 2.32. The van der Waals surface area contributed by atoms with E-state index in [4.69, 9.17) is 14.6 Å². The quantitative estimate of drug-likeness (QED) is 0.818. The lowest BCUT2D eigenvalue weighted by Gasteiger charge is -2.13. The molecule has 1 aromatic rings. The summed E-state index contributed by atoms with van der Waals surface area (Å²) in [4.78, 5) is 11.0. The zero-order valence-electron chi connectivity index (χ0n) is 11.0. The minimum Gasteiger partial charge on any atom is -0.490 e. The van der Waals surface area contributed by atoms with Crippen LogP contribution in [0.1, 0.15) is 29.8 Å². The highest BCUT2D eigenvalue weighted by Gasteiger charge is 2.32. The zero-order valence-corrected chi connectivity index (χ0v) is 11.0. The number of aromatic carboxylic acids is 1. The third-order valence-electron chi connectivity index (χ3n) is 2.33. The lowest BCUT2D eigenvalue weighted by atomic mass is 10.1. The molecule has 0 bridgehead atoms. The van der Waals surface area contributed by atoms with Crippen LogP contribution in [-0.2, 0) is 10.9 Å². The SMILES string of the molecule is CC(C)OCCOc1ccc(C(F)(F)F)cc1C(=O)O. The first-order chi connectivity index (χ1) is 9.21. The first-order valence-corrected chi connectivity index (χ1v) is 5.90. The van der Waals surface area contributed by atoms with Crippen molar-refractivity contribution in [1.29, 1.82) is 0 Å². The van der Waals surface area contributed by atoms with Crippen LogP contribution in [0.25, 0.3) is 0 Å². The molecule has 0 unspecified atom stereocenters. The minimum absolute atomic E-state index is 0.00912. The third kappa shape index (κ3) is 4.73. The molecule has 0 aliphatic rings. The van der Waals surface area contributed by atoms with Crippen LogP contribution in [0.15, 0.2) is 18.2 Å². The van der Waals surface area contributed by atoms with Crippen molar-refractivity contribution in [3.63, 3.8) is 0 Å². The van der Waals surface area contributed by atoms with E-state index in [0.29, 0.717) is 6.07 Å². The Bertz CT molecular complexity index is 469. The van der Waals surface area contributed by atoms with E-state index in [9.17, 15) is 18.0 Å². The molecule has 0 spiro atoms. The Morgan fingerprint density at radius 2 is 1.95 bits per heavy atom. The maximum Gasteiger partial charge on any atom is 0.416 e. The number of hydrogen-bond acceptors (Lipinski definition) is 3. The molecule has 1 N–H and O–H groups in total. The predicted molar refractivity (Wildman–Crippen MR) is 65.0 cm³/mol. The number of carboxylic acid groups (broad SMARTS) is 1. The Morgan fingerprint density at radius 3 is 2.45 bits per heavy atom. The summed E-state index contributed by atoms with van der Waals surface area (Å²) in [7, 11) is 0. The number of carboxylic acids is 1. The van der Waals surface area contributed by atoms with Crippen molar-refractivity contribution in [1.82, 2.24) is 0 Å². The second kappa shape index (κ2) is 6.60. The van der Waals surface area contributed by atoms with Crippen LogP contribution in [0.3, 0.4) is 0 Å². The van der Waals surface area contributed by atoms with Gasteiger partial charge in [-0.15, -0.1) is 0 Å². The largest absolute Gasteiger partial charge is 0.490 e. The van der Waals surface area contributed by atoms with Crippen LogP contribution in [0.2, 0.25) is 0 Å². The molecule has 0 radical (unpaired) electrons. The number of alkyl halides is 3. The molecule has 112 valence electrons. The predicted octanol–water partition coefficient (Wildman–Crippen LogP) is 3.21. The van der Waals surface area contributed by atoms with Gasteiger partial charge in [0.2, 0.25) is 0 Å². The van der Waals surface area contributed by atoms with E-state index in [1.807, 2.05) is 13.8 Å². The van der Waals surface area contributed by atoms with Gasteiger partial charge in [-0.1, -0.05) is 0 Å². The lowest BCUT2D eigenvalue weighted by Crippen LogP contribution is -2.14. The van der Waals surface area contributed by atoms with Crippen molar-refractivity contribution in [3.8, 4) is 5.75 Å². The molecular formula is C13H15F3O4. The fourth-order valence-electron chi connectivity index (χ4n) is 1.43. The molecule has 0 saturated heterocycles. The van der Waals surface area contributed by atoms with Crippen molar-refractivity contribution < 1.29 is 32.5 Å². The molecular weight excluding hydrogens is 277 g/mol. The van der Waals surface area contributed by atoms with Crippen LogP contribution in [-0.4, -0.2) is 30.4 Å². The van der Waals surface area contributed by atoms with E-state index in [-0.39, 0.29) is 25.1 Å². The van der Waals surface area contributed by atoms with Crippen LogP contribution in [0, 0.1) is 0 Å². The van der Waals surface area contributed by atoms with Gasteiger partial charge in [0, 0.05) is 0 Å². The zero-order chi connectivity index (χ0) is 15.3. The Labute approximate surface area is 114 Å². The smallest absolute Gasteiger partial charge is 0.416 e. The van der Waals surface area contributed by atoms with Gasteiger partial charge < -0.3 is 14.6 Å². The van der Waals surface area contributed by atoms with Gasteiger partial charge in [0.15, 0.2) is 0 Å². The maximum atomic E-state index is 12.5. The number of ether oxygens (including phenoxy) is 2. The second-order valence-corrected chi connectivity index (χ2v) is 4.28. The molecule has 1 aromatic carbocycles. The molecule has 0 aromatic heterocycles. The first-order valence-electron chi connectivity index (χ1n) is 5.90. The summed E-state index contributed by atoms with van der Waals surface area (Å²) in [6.45, 7) is 3.92. The number of carbonyl (C=O) groups is 1. The summed E-state index contributed by atoms with van der Waals surface area (Å²) < 4.78 is 47.8. The van der Waals surface area contributed by atoms with E-state index in [2.05, 4.69) is 0 Å². The standard InChI is InChI=1S/C13H15F3O4/c1-8(2)19-5-6-20-11-4-3-9(13(14,15)16)7-10(11)12(17)18/h3-4,7-8H,5-6H2,1-2H3,(H,17,18). The highest BCUT2D eigenvalue weighted by atomic mass is 19.4. The van der Waals surface area contributed by atoms with E-state index < -0.39 is 23.3 Å². The summed E-state index contributed by atoms with van der Waals surface area (Å²) in [5.74, 6) is -1.59. The molecule has 0 heterocycles. The topological polar surface area (TPSA) is 55.8 Å². The molecule has 0 amide bonds. The van der Waals surface area contributed by atoms with Crippen molar-refractivity contribution in [2.24, 2.45) is 0 Å². The first kappa shape index (κ1) is 16.3. The van der Waals surface area contributed by atoms with Gasteiger partial charge in [-0.2, -0.15) is 13.2 Å². The Hall–Kier alpha value is -1.76. The van der Waals surface area contributed by atoms with Crippen molar-refractivity contribution in [3.05, 3.63) is 29.3 Å². The van der Waals surface area contributed by atoms with Crippen molar-refractivity contribution in [2.75, 3.05) is 13.2 Å². The monoisotopic (exact) mass is 292 g/mol. The molecule has 0 saturated carbocycles. The average molecular weight is 292 g/mol. The molecule has 0 aliphatic carbocycles. The van der Waals surface area contributed by atoms with Gasteiger partial charge in [-0.25, -0.2) is 4.79 Å². The molecule has 0 fully saturated rings. The number of hydrogen-bond donors (Lipinski definition) is 1. The van der Waals surface area contributed by atoms with Gasteiger partial charge in [0.25, 0.3) is 0 Å². The van der Waals surface area contributed by atoms with Gasteiger partial charge >= 0.3 is 12.1 Å². The van der Waals surface area contributed by atoms with Gasteiger partial charge in [-0.3, -0.25) is 0 Å². The van der Waals surface area contributed by atoms with E-state index in [0.717, 1.165) is 12.1 Å². The van der Waals surface area contributed by atoms with E-state index in [1.54, 1.807) is 0 Å². The Balaban J connectivity index is 2.83. The van der Waals surface area contributed by atoms with Crippen LogP contribution < -0.4 is 4.74 Å². The summed E-state index contributed by atoms with van der Waals surface area (Å²) in [6, 6.07) is 2.34. The van der Waals surface area contributed by atoms with Crippen molar-refractivity contribution in [2.45, 2.75) is 26.1 Å². The van der Waals surface area contributed by atoms with Crippen LogP contribution >= 0.6 is 0 Å². The summed E-state index contributed by atoms with van der Waals surface area (Å²) in [6.07, 6.45) is -4.60. The highest BCUT2D eigenvalue weighted by molar-refractivity contribution is 5.91. The molecule has 1 rings (SSSR count). The lowest BCUT2D eigenvalue weighted by molar-refractivity contribution is -0.137. The molecule has 20 heavy (non-hydrogen) atoms.